The maximum absolute atomic E-state index is 5.43. The van der Waals surface area contributed by atoms with Gasteiger partial charge in [0.1, 0.15) is 16.1 Å². The summed E-state index contributed by atoms with van der Waals surface area (Å²) < 4.78 is 5.43. The van der Waals surface area contributed by atoms with Crippen molar-refractivity contribution >= 4 is 44.9 Å². The van der Waals surface area contributed by atoms with Crippen LogP contribution in [-0.2, 0) is 0 Å². The van der Waals surface area contributed by atoms with Crippen LogP contribution in [-0.4, -0.2) is 33.3 Å². The van der Waals surface area contributed by atoms with Crippen molar-refractivity contribution in [2.75, 3.05) is 12.4 Å². The summed E-state index contributed by atoms with van der Waals surface area (Å²) in [4.78, 5) is 4.79. The Labute approximate surface area is 190 Å². The molecule has 3 aromatic rings. The van der Waals surface area contributed by atoms with Gasteiger partial charge >= 0.3 is 0 Å². The van der Waals surface area contributed by atoms with Crippen LogP contribution in [0.3, 0.4) is 0 Å². The molecule has 1 unspecified atom stereocenters. The minimum atomic E-state index is -0.0816. The van der Waals surface area contributed by atoms with Gasteiger partial charge in [0.25, 0.3) is 0 Å². The van der Waals surface area contributed by atoms with Crippen LogP contribution in [0.5, 0.6) is 5.75 Å². The normalized spacial score (nSPS) is 16.4. The number of aromatic nitrogens is 2. The third-order valence-corrected chi connectivity index (χ3v) is 6.68. The molecule has 0 aliphatic carbocycles. The van der Waals surface area contributed by atoms with Gasteiger partial charge in [-0.1, -0.05) is 41.3 Å². The largest absolute Gasteiger partial charge is 0.497 e. The molecule has 4 rings (SSSR count). The van der Waals surface area contributed by atoms with E-state index in [0.717, 1.165) is 27.1 Å². The molecule has 9 heteroatoms. The van der Waals surface area contributed by atoms with Gasteiger partial charge in [0, 0.05) is 5.69 Å². The zero-order valence-electron chi connectivity index (χ0n) is 18.1. The average Bonchev–Trinajstić information content (AvgIpc) is 3.35. The quantitative estimate of drug-likeness (QED) is 0.407. The van der Waals surface area contributed by atoms with E-state index < -0.39 is 0 Å². The predicted octanol–water partition coefficient (Wildman–Crippen LogP) is 5.65. The Morgan fingerprint density at radius 2 is 1.90 bits per heavy atom. The Kier molecular flexibility index (Phi) is 6.24. The second-order valence-corrected chi connectivity index (χ2v) is 9.61. The Balaban J connectivity index is 1.74. The number of hydrazone groups is 1. The number of nitrogens with zero attached hydrogens (tertiary/aromatic N) is 5. The number of anilines is 1. The first-order valence-electron chi connectivity index (χ1n) is 9.81. The Hall–Kier alpha value is -2.91. The van der Waals surface area contributed by atoms with Gasteiger partial charge in [0.2, 0.25) is 11.1 Å². The van der Waals surface area contributed by atoms with Crippen LogP contribution in [0.25, 0.3) is 0 Å². The highest BCUT2D eigenvalue weighted by atomic mass is 32.2. The molecule has 0 fully saturated rings. The van der Waals surface area contributed by atoms with Crippen LogP contribution in [0.4, 0.5) is 10.8 Å². The Bertz CT molecular complexity index is 1160. The molecule has 1 atom stereocenters. The molecule has 0 spiro atoms. The molecule has 1 aliphatic heterocycles. The van der Waals surface area contributed by atoms with Gasteiger partial charge < -0.3 is 10.1 Å². The predicted molar refractivity (Wildman–Crippen MR) is 130 cm³/mol. The molecule has 31 heavy (non-hydrogen) atoms. The van der Waals surface area contributed by atoms with Crippen molar-refractivity contribution in [2.24, 2.45) is 10.1 Å². The first-order valence-corrected chi connectivity index (χ1v) is 11.5. The highest BCUT2D eigenvalue weighted by Gasteiger charge is 2.31. The fourth-order valence-corrected chi connectivity index (χ4v) is 4.66. The zero-order chi connectivity index (χ0) is 22.0. The monoisotopic (exact) mass is 452 g/mol. The minimum absolute atomic E-state index is 0.0816. The summed E-state index contributed by atoms with van der Waals surface area (Å²) in [7, 11) is 1.67. The van der Waals surface area contributed by atoms with Crippen molar-refractivity contribution in [3.63, 3.8) is 0 Å². The lowest BCUT2D eigenvalue weighted by Gasteiger charge is -2.25. The number of guanidine groups is 1. The van der Waals surface area contributed by atoms with Crippen LogP contribution in [0.2, 0.25) is 0 Å². The summed E-state index contributed by atoms with van der Waals surface area (Å²) in [5.74, 6) is 1.40. The summed E-state index contributed by atoms with van der Waals surface area (Å²) >= 11 is 3.12. The van der Waals surface area contributed by atoms with Crippen LogP contribution < -0.4 is 10.1 Å². The molecule has 0 saturated heterocycles. The number of hydrogen-bond acceptors (Lipinski definition) is 7. The van der Waals surface area contributed by atoms with Crippen molar-refractivity contribution in [3.8, 4) is 5.75 Å². The number of rotatable bonds is 4. The van der Waals surface area contributed by atoms with Gasteiger partial charge in [-0.25, -0.2) is 5.01 Å². The second kappa shape index (κ2) is 9.07. The maximum Gasteiger partial charge on any atom is 0.234 e. The SMILES string of the molecule is COc1cccc(C2SC(C)=NN2/C(=N/c2nnc(C)s2)Nc2ccc(C)c(C)c2)c1. The molecule has 0 radical (unpaired) electrons. The fourth-order valence-electron chi connectivity index (χ4n) is 3.11. The summed E-state index contributed by atoms with van der Waals surface area (Å²) in [5.41, 5.74) is 4.46. The van der Waals surface area contributed by atoms with Crippen molar-refractivity contribution in [1.82, 2.24) is 15.2 Å². The molecule has 2 aromatic carbocycles. The number of thioether (sulfide) groups is 1. The Morgan fingerprint density at radius 1 is 1.06 bits per heavy atom. The Morgan fingerprint density at radius 3 is 2.61 bits per heavy atom. The van der Waals surface area contributed by atoms with Crippen LogP contribution in [0.15, 0.2) is 52.6 Å². The molecular weight excluding hydrogens is 428 g/mol. The van der Waals surface area contributed by atoms with E-state index in [0.29, 0.717) is 11.1 Å². The number of nitrogens with one attached hydrogen (secondary N) is 1. The number of aryl methyl sites for hydroxylation is 3. The highest BCUT2D eigenvalue weighted by Crippen LogP contribution is 2.41. The zero-order valence-corrected chi connectivity index (χ0v) is 19.7. The lowest BCUT2D eigenvalue weighted by molar-refractivity contribution is 0.409. The topological polar surface area (TPSA) is 75.0 Å². The minimum Gasteiger partial charge on any atom is -0.497 e. The fraction of sp³-hybridized carbons (Fsp3) is 0.273. The van der Waals surface area contributed by atoms with Gasteiger partial charge in [-0.15, -0.1) is 10.2 Å². The van der Waals surface area contributed by atoms with Crippen molar-refractivity contribution in [1.29, 1.82) is 0 Å². The molecule has 1 N–H and O–H groups in total. The smallest absolute Gasteiger partial charge is 0.234 e. The summed E-state index contributed by atoms with van der Waals surface area (Å²) in [6.45, 7) is 8.11. The van der Waals surface area contributed by atoms with Crippen LogP contribution in [0, 0.1) is 20.8 Å². The number of methoxy groups -OCH3 is 1. The average molecular weight is 453 g/mol. The molecule has 1 aliphatic rings. The van der Waals surface area contributed by atoms with Gasteiger partial charge in [-0.2, -0.15) is 10.1 Å². The van der Waals surface area contributed by atoms with E-state index in [1.54, 1.807) is 18.9 Å². The van der Waals surface area contributed by atoms with Crippen LogP contribution >= 0.6 is 23.1 Å². The van der Waals surface area contributed by atoms with E-state index in [1.165, 1.54) is 22.5 Å². The van der Waals surface area contributed by atoms with Gasteiger partial charge in [-0.3, -0.25) is 0 Å². The number of hydrogen-bond donors (Lipinski definition) is 1. The van der Waals surface area contributed by atoms with E-state index in [9.17, 15) is 0 Å². The van der Waals surface area contributed by atoms with E-state index in [2.05, 4.69) is 47.6 Å². The van der Waals surface area contributed by atoms with Crippen molar-refractivity contribution < 1.29 is 4.74 Å². The molecular formula is C22H24N6OS2. The van der Waals surface area contributed by atoms with Gasteiger partial charge in [0.05, 0.1) is 12.2 Å². The lowest BCUT2D eigenvalue weighted by Crippen LogP contribution is -2.32. The van der Waals surface area contributed by atoms with E-state index in [1.807, 2.05) is 43.1 Å². The molecule has 0 amide bonds. The summed E-state index contributed by atoms with van der Waals surface area (Å²) in [6, 6.07) is 14.3. The summed E-state index contributed by atoms with van der Waals surface area (Å²) in [6.07, 6.45) is 0. The highest BCUT2D eigenvalue weighted by molar-refractivity contribution is 8.14. The first-order chi connectivity index (χ1) is 14.9. The maximum atomic E-state index is 5.43. The molecule has 0 bridgehead atoms. The van der Waals surface area contributed by atoms with E-state index in [4.69, 9.17) is 14.8 Å². The second-order valence-electron chi connectivity index (χ2n) is 7.17. The van der Waals surface area contributed by atoms with Gasteiger partial charge in [-0.05, 0) is 68.7 Å². The van der Waals surface area contributed by atoms with Crippen molar-refractivity contribution in [3.05, 3.63) is 64.2 Å². The third-order valence-electron chi connectivity index (χ3n) is 4.83. The van der Waals surface area contributed by atoms with Crippen molar-refractivity contribution in [2.45, 2.75) is 33.1 Å². The third kappa shape index (κ3) is 4.88. The number of aliphatic imine (C=N–C) groups is 1. The molecule has 2 heterocycles. The van der Waals surface area contributed by atoms with E-state index in [-0.39, 0.29) is 5.37 Å². The van der Waals surface area contributed by atoms with Crippen LogP contribution in [0.1, 0.15) is 34.0 Å². The van der Waals surface area contributed by atoms with Gasteiger partial charge in [0.15, 0.2) is 0 Å². The number of ether oxygens (including phenoxy) is 1. The summed E-state index contributed by atoms with van der Waals surface area (Å²) in [5, 5.41) is 20.7. The first kappa shape index (κ1) is 21.3. The lowest BCUT2D eigenvalue weighted by atomic mass is 10.1. The van der Waals surface area contributed by atoms with E-state index >= 15 is 0 Å². The standard InChI is InChI=1S/C22H24N6OS2/c1-13-9-10-18(11-14(13)2)23-21(24-22-26-25-15(3)31-22)28-20(30-16(4)27-28)17-7-6-8-19(12-17)29-5/h6-12,20H,1-5H3,(H,23,24,26). The molecule has 160 valence electrons. The molecule has 0 saturated carbocycles. The number of benzene rings is 2. The molecule has 1 aromatic heterocycles. The molecule has 7 nitrogen and oxygen atoms in total.